The molecule has 2 atom stereocenters. The molecule has 1 aliphatic heterocycles. The number of thioether (sulfide) groups is 1. The predicted octanol–water partition coefficient (Wildman–Crippen LogP) is 8.10. The predicted molar refractivity (Wildman–Crippen MR) is 168 cm³/mol. The number of hydrogen-bond acceptors (Lipinski definition) is 6. The number of sulfone groups is 1. The van der Waals surface area contributed by atoms with Crippen molar-refractivity contribution in [1.82, 2.24) is 0 Å². The second-order valence-electron chi connectivity index (χ2n) is 9.66. The van der Waals surface area contributed by atoms with Gasteiger partial charge in [-0.3, -0.25) is 0 Å². The fourth-order valence-corrected chi connectivity index (χ4v) is 9.37. The van der Waals surface area contributed by atoms with Crippen molar-refractivity contribution >= 4 is 38.9 Å². The van der Waals surface area contributed by atoms with Crippen LogP contribution in [-0.2, 0) is 24.4 Å². The van der Waals surface area contributed by atoms with Crippen LogP contribution in [-0.4, -0.2) is 21.2 Å². The van der Waals surface area contributed by atoms with Crippen molar-refractivity contribution in [3.63, 3.8) is 0 Å². The molecule has 1 heterocycles. The maximum absolute atomic E-state index is 15.3. The van der Waals surface area contributed by atoms with Crippen LogP contribution in [0.3, 0.4) is 0 Å². The van der Waals surface area contributed by atoms with E-state index in [9.17, 15) is 0 Å². The summed E-state index contributed by atoms with van der Waals surface area (Å²) in [4.78, 5) is 5.38. The third-order valence-electron chi connectivity index (χ3n) is 7.28. The molecule has 0 radical (unpaired) electrons. The molecule has 8 heteroatoms. The second-order valence-corrected chi connectivity index (χ2v) is 13.4. The molecule has 0 N–H and O–H groups in total. The van der Waals surface area contributed by atoms with E-state index in [2.05, 4.69) is 5.16 Å². The summed E-state index contributed by atoms with van der Waals surface area (Å²) < 4.78 is 34.5. The number of hydrogen-bond donors (Lipinski definition) is 0. The van der Waals surface area contributed by atoms with Crippen LogP contribution in [0.15, 0.2) is 154 Å². The van der Waals surface area contributed by atoms with Crippen LogP contribution in [0, 0.1) is 0 Å². The monoisotopic (exact) mass is 611 g/mol. The molecule has 2 unspecified atom stereocenters. The van der Waals surface area contributed by atoms with Gasteiger partial charge >= 0.3 is 0 Å². The largest absolute Gasteiger partial charge is 0.497 e. The SMILES string of the molecule is COc1ccc(C2(S(=O)(=O)c3ccccc3)ON=C(c3ccc(Cl)cc3)C2(Sc2ccccc2)c2ccccc2)cc1. The highest BCUT2D eigenvalue weighted by Crippen LogP contribution is 2.63. The minimum absolute atomic E-state index is 0.113. The molecule has 0 amide bonds. The van der Waals surface area contributed by atoms with Crippen molar-refractivity contribution < 1.29 is 18.0 Å². The molecular formula is C34H26ClNO4S2. The smallest absolute Gasteiger partial charge is 0.290 e. The van der Waals surface area contributed by atoms with E-state index < -0.39 is 19.5 Å². The Labute approximate surface area is 254 Å². The van der Waals surface area contributed by atoms with E-state index in [1.807, 2.05) is 72.8 Å². The Morgan fingerprint density at radius 1 is 0.714 bits per heavy atom. The molecular weight excluding hydrogens is 586 g/mol. The molecule has 210 valence electrons. The van der Waals surface area contributed by atoms with Crippen LogP contribution in [0.5, 0.6) is 5.75 Å². The Hall–Kier alpha value is -4.04. The molecule has 1 aliphatic rings. The molecule has 0 spiro atoms. The second kappa shape index (κ2) is 11.3. The van der Waals surface area contributed by atoms with Crippen LogP contribution < -0.4 is 4.74 Å². The number of halogens is 1. The van der Waals surface area contributed by atoms with Gasteiger partial charge in [0.2, 0.25) is 9.84 Å². The Morgan fingerprint density at radius 3 is 1.88 bits per heavy atom. The van der Waals surface area contributed by atoms with E-state index in [1.165, 1.54) is 11.8 Å². The van der Waals surface area contributed by atoms with Crippen LogP contribution >= 0.6 is 23.4 Å². The first kappa shape index (κ1) is 28.1. The van der Waals surface area contributed by atoms with Gasteiger partial charge in [0.25, 0.3) is 4.93 Å². The van der Waals surface area contributed by atoms with Crippen LogP contribution in [0.25, 0.3) is 0 Å². The van der Waals surface area contributed by atoms with Crippen LogP contribution in [0.1, 0.15) is 16.7 Å². The lowest BCUT2D eigenvalue weighted by molar-refractivity contribution is 0.0281. The van der Waals surface area contributed by atoms with E-state index in [0.717, 1.165) is 4.90 Å². The normalized spacial score (nSPS) is 20.0. The average molecular weight is 612 g/mol. The number of oxime groups is 1. The minimum Gasteiger partial charge on any atom is -0.497 e. The Kier molecular flexibility index (Phi) is 7.58. The zero-order valence-electron chi connectivity index (χ0n) is 22.6. The van der Waals surface area contributed by atoms with Crippen molar-refractivity contribution in [1.29, 1.82) is 0 Å². The molecule has 5 aromatic carbocycles. The van der Waals surface area contributed by atoms with E-state index in [-0.39, 0.29) is 4.90 Å². The number of rotatable bonds is 8. The van der Waals surface area contributed by atoms with Crippen molar-refractivity contribution in [2.75, 3.05) is 7.11 Å². The molecule has 5 nitrogen and oxygen atoms in total. The van der Waals surface area contributed by atoms with Gasteiger partial charge in [-0.25, -0.2) is 8.42 Å². The summed E-state index contributed by atoms with van der Waals surface area (Å²) >= 11 is 7.68. The lowest BCUT2D eigenvalue weighted by atomic mass is 9.81. The molecule has 42 heavy (non-hydrogen) atoms. The van der Waals surface area contributed by atoms with E-state index in [4.69, 9.17) is 21.2 Å². The van der Waals surface area contributed by atoms with Gasteiger partial charge in [0.05, 0.1) is 12.0 Å². The lowest BCUT2D eigenvalue weighted by Gasteiger charge is -2.43. The van der Waals surface area contributed by atoms with Crippen molar-refractivity contribution in [2.24, 2.45) is 5.16 Å². The maximum atomic E-state index is 15.3. The van der Waals surface area contributed by atoms with Gasteiger partial charge in [0.1, 0.15) is 11.5 Å². The molecule has 0 bridgehead atoms. The quantitative estimate of drug-likeness (QED) is 0.177. The Morgan fingerprint density at radius 2 is 1.29 bits per heavy atom. The van der Waals surface area contributed by atoms with E-state index in [1.54, 1.807) is 73.8 Å². The third-order valence-corrected chi connectivity index (χ3v) is 11.5. The van der Waals surface area contributed by atoms with Crippen molar-refractivity contribution in [2.45, 2.75) is 19.5 Å². The van der Waals surface area contributed by atoms with Crippen LogP contribution in [0.4, 0.5) is 0 Å². The standard InChI is InChI=1S/C34H26ClNO4S2/c1-39-29-23-19-27(20-24-29)34(42(37,38)31-15-9-4-10-16-31)33(26-11-5-2-6-12-26,41-30-13-7-3-8-14-30)32(36-40-34)25-17-21-28(35)22-18-25/h2-24H,1H3. The fourth-order valence-electron chi connectivity index (χ4n) is 5.32. The number of nitrogens with zero attached hydrogens (tertiary/aromatic N) is 1. The zero-order valence-corrected chi connectivity index (χ0v) is 24.9. The molecule has 0 saturated carbocycles. The summed E-state index contributed by atoms with van der Waals surface area (Å²) in [6.07, 6.45) is 0. The van der Waals surface area contributed by atoms with E-state index >= 15 is 8.42 Å². The number of methoxy groups -OCH3 is 1. The first-order chi connectivity index (χ1) is 20.4. The maximum Gasteiger partial charge on any atom is 0.290 e. The van der Waals surface area contributed by atoms with Crippen LogP contribution in [0.2, 0.25) is 5.02 Å². The fraction of sp³-hybridized carbons (Fsp3) is 0.0882. The highest BCUT2D eigenvalue weighted by atomic mass is 35.5. The zero-order chi connectivity index (χ0) is 29.2. The Bertz CT molecular complexity index is 1820. The minimum atomic E-state index is -4.32. The number of ether oxygens (including phenoxy) is 1. The highest BCUT2D eigenvalue weighted by Gasteiger charge is 2.71. The lowest BCUT2D eigenvalue weighted by Crippen LogP contribution is -2.54. The van der Waals surface area contributed by atoms with Gasteiger partial charge in [-0.15, -0.1) is 11.8 Å². The first-order valence-electron chi connectivity index (χ1n) is 13.2. The summed E-state index contributed by atoms with van der Waals surface area (Å²) in [6.45, 7) is 0. The van der Waals surface area contributed by atoms with Gasteiger partial charge in [-0.2, -0.15) is 0 Å². The third kappa shape index (κ3) is 4.49. The highest BCUT2D eigenvalue weighted by molar-refractivity contribution is 8.02. The molecule has 0 fully saturated rings. The topological polar surface area (TPSA) is 65.0 Å². The first-order valence-corrected chi connectivity index (χ1v) is 15.9. The molecule has 0 saturated heterocycles. The van der Waals surface area contributed by atoms with Gasteiger partial charge in [0.15, 0.2) is 4.75 Å². The summed E-state index contributed by atoms with van der Waals surface area (Å²) in [6, 6.07) is 41.8. The summed E-state index contributed by atoms with van der Waals surface area (Å²) in [5.41, 5.74) is 2.26. The molecule has 0 aliphatic carbocycles. The van der Waals surface area contributed by atoms with Gasteiger partial charge in [-0.1, -0.05) is 108 Å². The van der Waals surface area contributed by atoms with Gasteiger partial charge in [0, 0.05) is 21.0 Å². The van der Waals surface area contributed by atoms with Crippen molar-refractivity contribution in [3.05, 3.63) is 161 Å². The molecule has 5 aromatic rings. The van der Waals surface area contributed by atoms with E-state index in [0.29, 0.717) is 33.2 Å². The Balaban J connectivity index is 1.77. The molecule has 6 rings (SSSR count). The van der Waals surface area contributed by atoms with Gasteiger partial charge in [-0.05, 0) is 54.1 Å². The number of benzene rings is 5. The summed E-state index contributed by atoms with van der Waals surface area (Å²) in [7, 11) is -2.75. The summed E-state index contributed by atoms with van der Waals surface area (Å²) in [5, 5.41) is 5.22. The van der Waals surface area contributed by atoms with Crippen molar-refractivity contribution in [3.8, 4) is 5.75 Å². The van der Waals surface area contributed by atoms with Gasteiger partial charge < -0.3 is 9.57 Å². The molecule has 0 aromatic heterocycles. The average Bonchev–Trinajstić information content (AvgIpc) is 3.39. The summed E-state index contributed by atoms with van der Waals surface area (Å²) in [5.74, 6) is 0.587.